The lowest BCUT2D eigenvalue weighted by molar-refractivity contribution is -0.122. The Kier molecular flexibility index (Phi) is 4.99. The Morgan fingerprint density at radius 1 is 1.54 bits per heavy atom. The first-order chi connectivity index (χ1) is 5.89. The summed E-state index contributed by atoms with van der Waals surface area (Å²) in [6.45, 7) is 8.86. The fourth-order valence-corrected chi connectivity index (χ4v) is 1.25. The van der Waals surface area contributed by atoms with Crippen molar-refractivity contribution in [2.45, 2.75) is 46.6 Å². The molecular formula is C10H22N2O. The van der Waals surface area contributed by atoms with Crippen LogP contribution in [0, 0.1) is 5.41 Å². The average Bonchev–Trinajstić information content (AvgIpc) is 2.00. The van der Waals surface area contributed by atoms with Crippen LogP contribution in [0.1, 0.15) is 40.5 Å². The van der Waals surface area contributed by atoms with Crippen LogP contribution in [0.25, 0.3) is 0 Å². The van der Waals surface area contributed by atoms with E-state index in [9.17, 15) is 4.79 Å². The van der Waals surface area contributed by atoms with E-state index in [1.807, 2.05) is 0 Å². The van der Waals surface area contributed by atoms with Gasteiger partial charge in [0.1, 0.15) is 0 Å². The minimum Gasteiger partial charge on any atom is -0.354 e. The summed E-state index contributed by atoms with van der Waals surface area (Å²) in [6, 6.07) is -0.405. The first-order valence-electron chi connectivity index (χ1n) is 4.92. The largest absolute Gasteiger partial charge is 0.354 e. The van der Waals surface area contributed by atoms with E-state index >= 15 is 0 Å². The first-order valence-corrected chi connectivity index (χ1v) is 4.92. The van der Waals surface area contributed by atoms with Crippen LogP contribution in [-0.4, -0.2) is 18.5 Å². The van der Waals surface area contributed by atoms with Gasteiger partial charge in [-0.25, -0.2) is 0 Å². The molecule has 0 aliphatic carbocycles. The predicted molar refractivity (Wildman–Crippen MR) is 55.3 cm³/mol. The average molecular weight is 186 g/mol. The SMILES string of the molecule is CCCC(C)(C)CNC(=O)C(C)N. The second-order valence-corrected chi connectivity index (χ2v) is 4.42. The summed E-state index contributed by atoms with van der Waals surface area (Å²) in [5, 5.41) is 2.84. The second-order valence-electron chi connectivity index (χ2n) is 4.42. The molecule has 1 unspecified atom stereocenters. The highest BCUT2D eigenvalue weighted by Gasteiger charge is 2.18. The Morgan fingerprint density at radius 2 is 2.08 bits per heavy atom. The molecular weight excluding hydrogens is 164 g/mol. The zero-order valence-corrected chi connectivity index (χ0v) is 9.18. The molecule has 13 heavy (non-hydrogen) atoms. The van der Waals surface area contributed by atoms with E-state index < -0.39 is 6.04 Å². The number of nitrogens with two attached hydrogens (primary N) is 1. The molecule has 0 aromatic carbocycles. The van der Waals surface area contributed by atoms with Crippen molar-refractivity contribution in [1.29, 1.82) is 0 Å². The maximum atomic E-state index is 11.2. The van der Waals surface area contributed by atoms with Gasteiger partial charge in [-0.15, -0.1) is 0 Å². The number of rotatable bonds is 5. The molecule has 1 atom stereocenters. The predicted octanol–water partition coefficient (Wildman–Crippen LogP) is 1.28. The van der Waals surface area contributed by atoms with Crippen molar-refractivity contribution < 1.29 is 4.79 Å². The molecule has 0 bridgehead atoms. The smallest absolute Gasteiger partial charge is 0.236 e. The number of carbonyl (C=O) groups is 1. The normalized spacial score (nSPS) is 13.9. The van der Waals surface area contributed by atoms with Gasteiger partial charge in [-0.3, -0.25) is 4.79 Å². The quantitative estimate of drug-likeness (QED) is 0.679. The monoisotopic (exact) mass is 186 g/mol. The lowest BCUT2D eigenvalue weighted by Gasteiger charge is -2.24. The van der Waals surface area contributed by atoms with E-state index in [-0.39, 0.29) is 11.3 Å². The third kappa shape index (κ3) is 5.64. The van der Waals surface area contributed by atoms with Crippen LogP contribution in [0.4, 0.5) is 0 Å². The van der Waals surface area contributed by atoms with E-state index in [1.165, 1.54) is 0 Å². The highest BCUT2D eigenvalue weighted by atomic mass is 16.2. The summed E-state index contributed by atoms with van der Waals surface area (Å²) >= 11 is 0. The molecule has 0 spiro atoms. The number of hydrogen-bond acceptors (Lipinski definition) is 2. The molecule has 0 saturated heterocycles. The van der Waals surface area contributed by atoms with Crippen molar-refractivity contribution >= 4 is 5.91 Å². The Labute approximate surface area is 81.1 Å². The van der Waals surface area contributed by atoms with Crippen LogP contribution in [0.15, 0.2) is 0 Å². The van der Waals surface area contributed by atoms with E-state index in [4.69, 9.17) is 5.73 Å². The van der Waals surface area contributed by atoms with Gasteiger partial charge in [0.05, 0.1) is 6.04 Å². The van der Waals surface area contributed by atoms with Crippen LogP contribution in [0.3, 0.4) is 0 Å². The Hall–Kier alpha value is -0.570. The van der Waals surface area contributed by atoms with Crippen LogP contribution in [0.2, 0.25) is 0 Å². The molecule has 0 heterocycles. The molecule has 3 heteroatoms. The van der Waals surface area contributed by atoms with Crippen molar-refractivity contribution in [3.63, 3.8) is 0 Å². The molecule has 0 aliphatic rings. The topological polar surface area (TPSA) is 55.1 Å². The summed E-state index contributed by atoms with van der Waals surface area (Å²) in [5.41, 5.74) is 5.61. The van der Waals surface area contributed by atoms with E-state index in [2.05, 4.69) is 26.1 Å². The van der Waals surface area contributed by atoms with Crippen LogP contribution >= 0.6 is 0 Å². The minimum atomic E-state index is -0.405. The zero-order chi connectivity index (χ0) is 10.5. The highest BCUT2D eigenvalue weighted by molar-refractivity contribution is 5.80. The molecule has 78 valence electrons. The maximum absolute atomic E-state index is 11.2. The van der Waals surface area contributed by atoms with Crippen molar-refractivity contribution in [3.8, 4) is 0 Å². The standard InChI is InChI=1S/C10H22N2O/c1-5-6-10(3,4)7-12-9(13)8(2)11/h8H,5-7,11H2,1-4H3,(H,12,13). The van der Waals surface area contributed by atoms with Crippen LogP contribution in [-0.2, 0) is 4.79 Å². The lowest BCUT2D eigenvalue weighted by Crippen LogP contribution is -2.42. The van der Waals surface area contributed by atoms with Gasteiger partial charge in [-0.2, -0.15) is 0 Å². The molecule has 0 rings (SSSR count). The molecule has 1 amide bonds. The number of nitrogens with one attached hydrogen (secondary N) is 1. The fourth-order valence-electron chi connectivity index (χ4n) is 1.25. The Bertz CT molecular complexity index is 164. The Morgan fingerprint density at radius 3 is 2.46 bits per heavy atom. The second kappa shape index (κ2) is 5.22. The zero-order valence-electron chi connectivity index (χ0n) is 9.18. The molecule has 0 aromatic heterocycles. The van der Waals surface area contributed by atoms with Gasteiger partial charge in [-0.05, 0) is 18.8 Å². The third-order valence-electron chi connectivity index (χ3n) is 2.08. The lowest BCUT2D eigenvalue weighted by atomic mass is 9.88. The summed E-state index contributed by atoms with van der Waals surface area (Å²) in [4.78, 5) is 11.2. The number of amides is 1. The van der Waals surface area contributed by atoms with Crippen molar-refractivity contribution in [1.82, 2.24) is 5.32 Å². The van der Waals surface area contributed by atoms with Gasteiger partial charge in [0.25, 0.3) is 0 Å². The van der Waals surface area contributed by atoms with Crippen LogP contribution < -0.4 is 11.1 Å². The molecule has 3 nitrogen and oxygen atoms in total. The molecule has 0 radical (unpaired) electrons. The van der Waals surface area contributed by atoms with Gasteiger partial charge in [-0.1, -0.05) is 27.2 Å². The molecule has 0 fully saturated rings. The number of hydrogen-bond donors (Lipinski definition) is 2. The molecule has 0 saturated carbocycles. The van der Waals surface area contributed by atoms with Crippen molar-refractivity contribution in [3.05, 3.63) is 0 Å². The van der Waals surface area contributed by atoms with Crippen molar-refractivity contribution in [2.24, 2.45) is 11.1 Å². The van der Waals surface area contributed by atoms with Crippen LogP contribution in [0.5, 0.6) is 0 Å². The minimum absolute atomic E-state index is 0.0656. The first kappa shape index (κ1) is 12.4. The van der Waals surface area contributed by atoms with E-state index in [0.717, 1.165) is 12.8 Å². The summed E-state index contributed by atoms with van der Waals surface area (Å²) < 4.78 is 0. The fraction of sp³-hybridized carbons (Fsp3) is 0.900. The van der Waals surface area contributed by atoms with Gasteiger partial charge >= 0.3 is 0 Å². The summed E-state index contributed by atoms with van der Waals surface area (Å²) in [5.74, 6) is -0.0656. The van der Waals surface area contributed by atoms with Gasteiger partial charge in [0.15, 0.2) is 0 Å². The Balaban J connectivity index is 3.80. The van der Waals surface area contributed by atoms with Gasteiger partial charge < -0.3 is 11.1 Å². The number of carbonyl (C=O) groups excluding carboxylic acids is 1. The summed E-state index contributed by atoms with van der Waals surface area (Å²) in [6.07, 6.45) is 2.26. The van der Waals surface area contributed by atoms with Gasteiger partial charge in [0.2, 0.25) is 5.91 Å². The molecule has 0 aliphatic heterocycles. The van der Waals surface area contributed by atoms with Crippen molar-refractivity contribution in [2.75, 3.05) is 6.54 Å². The third-order valence-corrected chi connectivity index (χ3v) is 2.08. The van der Waals surface area contributed by atoms with Gasteiger partial charge in [0, 0.05) is 6.54 Å². The molecule has 3 N–H and O–H groups in total. The molecule has 0 aromatic rings. The van der Waals surface area contributed by atoms with E-state index in [0.29, 0.717) is 6.54 Å². The van der Waals surface area contributed by atoms with E-state index in [1.54, 1.807) is 6.92 Å². The highest BCUT2D eigenvalue weighted by Crippen LogP contribution is 2.20. The summed E-state index contributed by atoms with van der Waals surface area (Å²) in [7, 11) is 0. The maximum Gasteiger partial charge on any atom is 0.236 e.